The first kappa shape index (κ1) is 14.2. The van der Waals surface area contributed by atoms with E-state index in [9.17, 15) is 5.11 Å². The van der Waals surface area contributed by atoms with E-state index < -0.39 is 0 Å². The van der Waals surface area contributed by atoms with E-state index in [-0.39, 0.29) is 11.8 Å². The first-order valence-electron chi connectivity index (χ1n) is 6.56. The molecule has 0 aliphatic carbocycles. The summed E-state index contributed by atoms with van der Waals surface area (Å²) < 4.78 is 1.13. The van der Waals surface area contributed by atoms with Crippen LogP contribution in [0.15, 0.2) is 42.7 Å². The topological polar surface area (TPSA) is 72.0 Å². The number of fused-ring (bicyclic) bond motifs is 1. The lowest BCUT2D eigenvalue weighted by Gasteiger charge is -2.15. The molecule has 2 aromatic heterocycles. The molecule has 1 unspecified atom stereocenters. The lowest BCUT2D eigenvalue weighted by molar-refractivity contribution is 0.465. The Hall–Kier alpha value is -1.73. The van der Waals surface area contributed by atoms with Crippen LogP contribution < -0.4 is 5.73 Å². The standard InChI is InChI=1S/C16H14IN3O/c1-9(18)14-12-8-19-7-6-13(12)20-15(16(14)21)10-2-4-11(17)5-3-10/h2-9,21H,18H2,1H3. The molecular weight excluding hydrogens is 377 g/mol. The molecule has 0 spiro atoms. The first-order chi connectivity index (χ1) is 10.1. The third-order valence-electron chi connectivity index (χ3n) is 3.37. The molecular formula is C16H14IN3O. The summed E-state index contributed by atoms with van der Waals surface area (Å²) in [7, 11) is 0. The number of aromatic nitrogens is 2. The molecule has 0 fully saturated rings. The van der Waals surface area contributed by atoms with Gasteiger partial charge in [-0.15, -0.1) is 0 Å². The predicted molar refractivity (Wildman–Crippen MR) is 92.0 cm³/mol. The van der Waals surface area contributed by atoms with Crippen molar-refractivity contribution >= 4 is 33.5 Å². The van der Waals surface area contributed by atoms with Gasteiger partial charge in [0.1, 0.15) is 11.4 Å². The van der Waals surface area contributed by atoms with Crippen LogP contribution in [0.1, 0.15) is 18.5 Å². The molecule has 2 heterocycles. The van der Waals surface area contributed by atoms with E-state index in [2.05, 4.69) is 32.6 Å². The van der Waals surface area contributed by atoms with Crippen LogP contribution in [0, 0.1) is 3.57 Å². The van der Waals surface area contributed by atoms with Crippen molar-refractivity contribution in [2.45, 2.75) is 13.0 Å². The van der Waals surface area contributed by atoms with Gasteiger partial charge in [0.05, 0.1) is 5.52 Å². The lowest BCUT2D eigenvalue weighted by Crippen LogP contribution is -2.07. The van der Waals surface area contributed by atoms with Crippen molar-refractivity contribution in [3.63, 3.8) is 0 Å². The van der Waals surface area contributed by atoms with E-state index in [0.717, 1.165) is 20.0 Å². The number of halogens is 1. The monoisotopic (exact) mass is 391 g/mol. The van der Waals surface area contributed by atoms with Gasteiger partial charge in [-0.3, -0.25) is 4.98 Å². The third kappa shape index (κ3) is 2.58. The summed E-state index contributed by atoms with van der Waals surface area (Å²) in [5.74, 6) is 0.131. The predicted octanol–water partition coefficient (Wildman–Crippen LogP) is 3.63. The van der Waals surface area contributed by atoms with E-state index in [1.165, 1.54) is 0 Å². The fraction of sp³-hybridized carbons (Fsp3) is 0.125. The van der Waals surface area contributed by atoms with Crippen molar-refractivity contribution in [1.82, 2.24) is 9.97 Å². The molecule has 0 saturated carbocycles. The van der Waals surface area contributed by atoms with Gasteiger partial charge in [-0.25, -0.2) is 4.98 Å². The van der Waals surface area contributed by atoms with Crippen molar-refractivity contribution in [2.75, 3.05) is 0 Å². The highest BCUT2D eigenvalue weighted by Gasteiger charge is 2.18. The van der Waals surface area contributed by atoms with Gasteiger partial charge in [0.25, 0.3) is 0 Å². The normalized spacial score (nSPS) is 12.5. The fourth-order valence-corrected chi connectivity index (χ4v) is 2.75. The maximum absolute atomic E-state index is 10.6. The fourth-order valence-electron chi connectivity index (χ4n) is 2.39. The van der Waals surface area contributed by atoms with E-state index in [4.69, 9.17) is 5.73 Å². The number of hydrogen-bond donors (Lipinski definition) is 2. The van der Waals surface area contributed by atoms with E-state index >= 15 is 0 Å². The number of benzene rings is 1. The number of aromatic hydroxyl groups is 1. The Morgan fingerprint density at radius 3 is 2.57 bits per heavy atom. The molecule has 3 N–H and O–H groups in total. The van der Waals surface area contributed by atoms with Crippen LogP contribution in [-0.2, 0) is 0 Å². The minimum absolute atomic E-state index is 0.131. The van der Waals surface area contributed by atoms with Crippen LogP contribution >= 0.6 is 22.6 Å². The second-order valence-corrected chi connectivity index (χ2v) is 6.16. The highest BCUT2D eigenvalue weighted by Crippen LogP contribution is 2.37. The Morgan fingerprint density at radius 2 is 1.90 bits per heavy atom. The summed E-state index contributed by atoms with van der Waals surface area (Å²) >= 11 is 2.24. The molecule has 0 aliphatic rings. The average molecular weight is 391 g/mol. The maximum atomic E-state index is 10.6. The largest absolute Gasteiger partial charge is 0.505 e. The van der Waals surface area contributed by atoms with Crippen molar-refractivity contribution in [3.8, 4) is 17.0 Å². The van der Waals surface area contributed by atoms with Crippen LogP contribution in [0.2, 0.25) is 0 Å². The van der Waals surface area contributed by atoms with Gasteiger partial charge >= 0.3 is 0 Å². The van der Waals surface area contributed by atoms with Gasteiger partial charge in [0.15, 0.2) is 0 Å². The molecule has 21 heavy (non-hydrogen) atoms. The summed E-state index contributed by atoms with van der Waals surface area (Å²) in [6.07, 6.45) is 3.38. The molecule has 1 atom stereocenters. The molecule has 5 heteroatoms. The molecule has 0 saturated heterocycles. The molecule has 4 nitrogen and oxygen atoms in total. The van der Waals surface area contributed by atoms with Crippen LogP contribution in [0.3, 0.4) is 0 Å². The number of rotatable bonds is 2. The number of hydrogen-bond acceptors (Lipinski definition) is 4. The molecule has 3 aromatic rings. The van der Waals surface area contributed by atoms with E-state index in [1.54, 1.807) is 12.4 Å². The summed E-state index contributed by atoms with van der Waals surface area (Å²) in [6, 6.07) is 9.39. The van der Waals surface area contributed by atoms with Crippen molar-refractivity contribution < 1.29 is 5.11 Å². The molecule has 0 aliphatic heterocycles. The molecule has 1 aromatic carbocycles. The maximum Gasteiger partial charge on any atom is 0.147 e. The smallest absolute Gasteiger partial charge is 0.147 e. The molecule has 106 valence electrons. The molecule has 0 bridgehead atoms. The van der Waals surface area contributed by atoms with Crippen LogP contribution in [0.5, 0.6) is 5.75 Å². The molecule has 0 amide bonds. The Balaban J connectivity index is 2.33. The average Bonchev–Trinajstić information content (AvgIpc) is 2.47. The highest BCUT2D eigenvalue weighted by atomic mass is 127. The highest BCUT2D eigenvalue weighted by molar-refractivity contribution is 14.1. The first-order valence-corrected chi connectivity index (χ1v) is 7.64. The third-order valence-corrected chi connectivity index (χ3v) is 4.09. The van der Waals surface area contributed by atoms with Gasteiger partial charge in [0, 0.05) is 38.5 Å². The second-order valence-electron chi connectivity index (χ2n) is 4.91. The number of nitrogens with two attached hydrogens (primary N) is 1. The molecule has 0 radical (unpaired) electrons. The Morgan fingerprint density at radius 1 is 1.19 bits per heavy atom. The van der Waals surface area contributed by atoms with E-state index in [1.807, 2.05) is 37.3 Å². The summed E-state index contributed by atoms with van der Waals surface area (Å²) in [4.78, 5) is 8.67. The molecule has 3 rings (SSSR count). The number of nitrogens with zero attached hydrogens (tertiary/aromatic N) is 2. The number of pyridine rings is 2. The van der Waals surface area contributed by atoms with Gasteiger partial charge in [0.2, 0.25) is 0 Å². The zero-order valence-corrected chi connectivity index (χ0v) is 13.6. The van der Waals surface area contributed by atoms with Gasteiger partial charge in [-0.2, -0.15) is 0 Å². The Kier molecular flexibility index (Phi) is 3.77. The zero-order chi connectivity index (χ0) is 15.0. The zero-order valence-electron chi connectivity index (χ0n) is 11.4. The Bertz CT molecular complexity index is 800. The minimum atomic E-state index is -0.303. The second kappa shape index (κ2) is 5.57. The van der Waals surface area contributed by atoms with Gasteiger partial charge in [-0.1, -0.05) is 12.1 Å². The van der Waals surface area contributed by atoms with E-state index in [0.29, 0.717) is 11.3 Å². The summed E-state index contributed by atoms with van der Waals surface area (Å²) in [5.41, 5.74) is 8.92. The van der Waals surface area contributed by atoms with Crippen molar-refractivity contribution in [1.29, 1.82) is 0 Å². The quantitative estimate of drug-likeness (QED) is 0.655. The van der Waals surface area contributed by atoms with Crippen molar-refractivity contribution in [2.24, 2.45) is 5.73 Å². The Labute approximate surface area is 136 Å². The van der Waals surface area contributed by atoms with Crippen LogP contribution in [0.4, 0.5) is 0 Å². The van der Waals surface area contributed by atoms with Crippen LogP contribution in [-0.4, -0.2) is 15.1 Å². The van der Waals surface area contributed by atoms with Gasteiger partial charge < -0.3 is 10.8 Å². The van der Waals surface area contributed by atoms with Crippen molar-refractivity contribution in [3.05, 3.63) is 51.9 Å². The van der Waals surface area contributed by atoms with Crippen LogP contribution in [0.25, 0.3) is 22.2 Å². The SMILES string of the molecule is CC(N)c1c(O)c(-c2ccc(I)cc2)nc2ccncc12. The van der Waals surface area contributed by atoms with Gasteiger partial charge in [-0.05, 0) is 47.7 Å². The minimum Gasteiger partial charge on any atom is -0.505 e. The lowest BCUT2D eigenvalue weighted by atomic mass is 9.99. The summed E-state index contributed by atoms with van der Waals surface area (Å²) in [5, 5.41) is 11.4. The summed E-state index contributed by atoms with van der Waals surface area (Å²) in [6.45, 7) is 1.85.